The van der Waals surface area contributed by atoms with Crippen LogP contribution >= 0.6 is 11.6 Å². The van der Waals surface area contributed by atoms with Gasteiger partial charge in [0.25, 0.3) is 0 Å². The van der Waals surface area contributed by atoms with Gasteiger partial charge in [0, 0.05) is 10.9 Å². The number of nitrogens with zero attached hydrogens (tertiary/aromatic N) is 1. The van der Waals surface area contributed by atoms with Gasteiger partial charge in [-0.3, -0.25) is 0 Å². The molecular formula is C12H10ClN. The number of fused-ring (bicyclic) bond motifs is 1. The van der Waals surface area contributed by atoms with Crippen molar-refractivity contribution in [2.75, 3.05) is 0 Å². The molecule has 1 aromatic carbocycles. The minimum Gasteiger partial charge on any atom is -0.248 e. The molecular weight excluding hydrogens is 194 g/mol. The summed E-state index contributed by atoms with van der Waals surface area (Å²) in [6.45, 7) is 1.95. The number of halogens is 1. The van der Waals surface area contributed by atoms with Gasteiger partial charge in [0.15, 0.2) is 0 Å². The van der Waals surface area contributed by atoms with Crippen LogP contribution in [0.3, 0.4) is 0 Å². The van der Waals surface area contributed by atoms with Crippen LogP contribution in [-0.2, 0) is 0 Å². The fraction of sp³-hybridized carbons (Fsp3) is 0.0833. The number of pyridine rings is 1. The molecule has 70 valence electrons. The van der Waals surface area contributed by atoms with Crippen molar-refractivity contribution < 1.29 is 0 Å². The molecule has 2 aromatic rings. The maximum Gasteiger partial charge on any atom is 0.0709 e. The van der Waals surface area contributed by atoms with Crippen molar-refractivity contribution in [1.82, 2.24) is 4.98 Å². The van der Waals surface area contributed by atoms with E-state index in [4.69, 9.17) is 11.6 Å². The van der Waals surface area contributed by atoms with Crippen LogP contribution in [0.15, 0.2) is 41.9 Å². The molecule has 2 rings (SSSR count). The molecule has 2 heteroatoms. The smallest absolute Gasteiger partial charge is 0.0709 e. The summed E-state index contributed by atoms with van der Waals surface area (Å²) < 4.78 is 0. The van der Waals surface area contributed by atoms with Gasteiger partial charge in [0.05, 0.1) is 11.2 Å². The van der Waals surface area contributed by atoms with E-state index >= 15 is 0 Å². The summed E-state index contributed by atoms with van der Waals surface area (Å²) >= 11 is 5.64. The number of allylic oxidation sites excluding steroid dienone is 1. The molecule has 0 atom stereocenters. The Kier molecular flexibility index (Phi) is 2.51. The normalized spacial score (nSPS) is 12.0. The Morgan fingerprint density at radius 3 is 2.79 bits per heavy atom. The van der Waals surface area contributed by atoms with Gasteiger partial charge >= 0.3 is 0 Å². The summed E-state index contributed by atoms with van der Waals surface area (Å²) in [6.07, 6.45) is 0. The zero-order chi connectivity index (χ0) is 9.97. The molecule has 0 spiro atoms. The van der Waals surface area contributed by atoms with Crippen LogP contribution < -0.4 is 0 Å². The lowest BCUT2D eigenvalue weighted by molar-refractivity contribution is 1.34. The molecule has 0 radical (unpaired) electrons. The van der Waals surface area contributed by atoms with Gasteiger partial charge < -0.3 is 0 Å². The Balaban J connectivity index is 2.62. The minimum absolute atomic E-state index is 0.929. The molecule has 0 amide bonds. The third-order valence-corrected chi connectivity index (χ3v) is 2.49. The quantitative estimate of drug-likeness (QED) is 0.687. The molecule has 1 nitrogen and oxygen atoms in total. The number of benzene rings is 1. The molecule has 14 heavy (non-hydrogen) atoms. The van der Waals surface area contributed by atoms with Crippen LogP contribution in [0, 0.1) is 0 Å². The number of rotatable bonds is 1. The molecule has 0 saturated carbocycles. The molecule has 1 heterocycles. The van der Waals surface area contributed by atoms with Crippen molar-refractivity contribution in [2.45, 2.75) is 6.92 Å². The lowest BCUT2D eigenvalue weighted by Gasteiger charge is -2.01. The van der Waals surface area contributed by atoms with E-state index in [-0.39, 0.29) is 0 Å². The first-order valence-corrected chi connectivity index (χ1v) is 4.88. The molecule has 0 unspecified atom stereocenters. The standard InChI is InChI=1S/C12H10ClN/c1-9(8-13)11-7-6-10-4-2-3-5-12(10)14-11/h2-8H,1H3/b9-8+. The monoisotopic (exact) mass is 203 g/mol. The van der Waals surface area contributed by atoms with E-state index in [1.165, 1.54) is 0 Å². The Hall–Kier alpha value is -1.34. The molecule has 0 aliphatic rings. The second-order valence-electron chi connectivity index (χ2n) is 3.18. The third-order valence-electron chi connectivity index (χ3n) is 2.17. The van der Waals surface area contributed by atoms with E-state index in [2.05, 4.69) is 11.1 Å². The number of hydrogen-bond acceptors (Lipinski definition) is 1. The van der Waals surface area contributed by atoms with Crippen molar-refractivity contribution in [3.63, 3.8) is 0 Å². The zero-order valence-electron chi connectivity index (χ0n) is 7.87. The highest BCUT2D eigenvalue weighted by atomic mass is 35.5. The van der Waals surface area contributed by atoms with Gasteiger partial charge in [-0.15, -0.1) is 0 Å². The number of aromatic nitrogens is 1. The fourth-order valence-electron chi connectivity index (χ4n) is 1.34. The molecule has 1 aromatic heterocycles. The van der Waals surface area contributed by atoms with E-state index in [0.29, 0.717) is 0 Å². The van der Waals surface area contributed by atoms with E-state index in [9.17, 15) is 0 Å². The van der Waals surface area contributed by atoms with E-state index in [1.807, 2.05) is 37.3 Å². The Morgan fingerprint density at radius 2 is 2.00 bits per heavy atom. The maximum absolute atomic E-state index is 5.64. The van der Waals surface area contributed by atoms with Crippen molar-refractivity contribution in [3.8, 4) is 0 Å². The van der Waals surface area contributed by atoms with E-state index in [0.717, 1.165) is 22.2 Å². The predicted octanol–water partition coefficient (Wildman–Crippen LogP) is 3.83. The fourth-order valence-corrected chi connectivity index (χ4v) is 1.45. The summed E-state index contributed by atoms with van der Waals surface area (Å²) in [5, 5.41) is 1.15. The largest absolute Gasteiger partial charge is 0.248 e. The Bertz CT molecular complexity index is 488. The van der Waals surface area contributed by atoms with Gasteiger partial charge in [-0.05, 0) is 24.6 Å². The van der Waals surface area contributed by atoms with Gasteiger partial charge in [-0.25, -0.2) is 4.98 Å². The molecule has 0 fully saturated rings. The lowest BCUT2D eigenvalue weighted by Crippen LogP contribution is -1.86. The Labute approximate surface area is 88.0 Å². The first-order chi connectivity index (χ1) is 6.81. The average molecular weight is 204 g/mol. The van der Waals surface area contributed by atoms with Gasteiger partial charge in [0.2, 0.25) is 0 Å². The molecule has 0 bridgehead atoms. The van der Waals surface area contributed by atoms with Crippen LogP contribution in [0.4, 0.5) is 0 Å². The highest BCUT2D eigenvalue weighted by Crippen LogP contribution is 2.17. The molecule has 0 aliphatic heterocycles. The minimum atomic E-state index is 0.929. The summed E-state index contributed by atoms with van der Waals surface area (Å²) in [7, 11) is 0. The maximum atomic E-state index is 5.64. The first-order valence-electron chi connectivity index (χ1n) is 4.44. The zero-order valence-corrected chi connectivity index (χ0v) is 8.62. The van der Waals surface area contributed by atoms with Gasteiger partial charge in [0.1, 0.15) is 0 Å². The molecule has 0 N–H and O–H groups in total. The van der Waals surface area contributed by atoms with Crippen LogP contribution in [0.25, 0.3) is 16.5 Å². The summed E-state index contributed by atoms with van der Waals surface area (Å²) in [5.74, 6) is 0. The van der Waals surface area contributed by atoms with Crippen molar-refractivity contribution >= 4 is 28.1 Å². The van der Waals surface area contributed by atoms with Crippen LogP contribution in [0.1, 0.15) is 12.6 Å². The Morgan fingerprint density at radius 1 is 1.21 bits per heavy atom. The summed E-state index contributed by atoms with van der Waals surface area (Å²) in [5.41, 5.74) is 4.47. The molecule has 0 saturated heterocycles. The predicted molar refractivity (Wildman–Crippen MR) is 61.2 cm³/mol. The third kappa shape index (κ3) is 1.64. The lowest BCUT2D eigenvalue weighted by atomic mass is 10.1. The first kappa shape index (κ1) is 9.22. The summed E-state index contributed by atoms with van der Waals surface area (Å²) in [4.78, 5) is 4.49. The van der Waals surface area contributed by atoms with E-state index < -0.39 is 0 Å². The molecule has 0 aliphatic carbocycles. The van der Waals surface area contributed by atoms with Gasteiger partial charge in [-0.2, -0.15) is 0 Å². The highest BCUT2D eigenvalue weighted by molar-refractivity contribution is 6.28. The van der Waals surface area contributed by atoms with Crippen molar-refractivity contribution in [3.05, 3.63) is 47.6 Å². The topological polar surface area (TPSA) is 12.9 Å². The van der Waals surface area contributed by atoms with Crippen LogP contribution in [0.5, 0.6) is 0 Å². The van der Waals surface area contributed by atoms with Gasteiger partial charge in [-0.1, -0.05) is 35.9 Å². The SMILES string of the molecule is C/C(=C\Cl)c1ccc2ccccc2n1. The van der Waals surface area contributed by atoms with Crippen molar-refractivity contribution in [1.29, 1.82) is 0 Å². The van der Waals surface area contributed by atoms with Crippen molar-refractivity contribution in [2.24, 2.45) is 0 Å². The summed E-state index contributed by atoms with van der Waals surface area (Å²) in [6, 6.07) is 12.1. The highest BCUT2D eigenvalue weighted by Gasteiger charge is 1.98. The van der Waals surface area contributed by atoms with E-state index in [1.54, 1.807) is 5.54 Å². The second kappa shape index (κ2) is 3.81. The van der Waals surface area contributed by atoms with Crippen LogP contribution in [0.2, 0.25) is 0 Å². The number of para-hydroxylation sites is 1. The van der Waals surface area contributed by atoms with Crippen LogP contribution in [-0.4, -0.2) is 4.98 Å². The second-order valence-corrected chi connectivity index (χ2v) is 3.40. The number of hydrogen-bond donors (Lipinski definition) is 0. The average Bonchev–Trinajstić information content (AvgIpc) is 2.27.